The molecule has 0 aromatic heterocycles. The monoisotopic (exact) mass is 344 g/mol. The molecule has 0 heterocycles. The Morgan fingerprint density at radius 2 is 2.04 bits per heavy atom. The van der Waals surface area contributed by atoms with Crippen molar-refractivity contribution in [1.29, 1.82) is 0 Å². The van der Waals surface area contributed by atoms with E-state index in [0.717, 1.165) is 23.0 Å². The highest BCUT2D eigenvalue weighted by Gasteiger charge is 2.50. The lowest BCUT2D eigenvalue weighted by molar-refractivity contribution is 0.0861. The van der Waals surface area contributed by atoms with E-state index >= 15 is 0 Å². The van der Waals surface area contributed by atoms with E-state index in [0.29, 0.717) is 24.2 Å². The van der Waals surface area contributed by atoms with Gasteiger partial charge in [0, 0.05) is 6.42 Å². The molecule has 3 aliphatic rings. The van der Waals surface area contributed by atoms with Crippen molar-refractivity contribution in [2.75, 3.05) is 0 Å². The summed E-state index contributed by atoms with van der Waals surface area (Å²) in [5.74, 6) is 2.38. The summed E-state index contributed by atoms with van der Waals surface area (Å²) in [5, 5.41) is 20.0. The molecule has 140 valence electrons. The van der Waals surface area contributed by atoms with E-state index in [4.69, 9.17) is 0 Å². The normalized spacial score (nSPS) is 43.5. The van der Waals surface area contributed by atoms with E-state index in [9.17, 15) is 10.2 Å². The Morgan fingerprint density at radius 3 is 2.76 bits per heavy atom. The fourth-order valence-electron chi connectivity index (χ4n) is 5.96. The van der Waals surface area contributed by atoms with Crippen LogP contribution in [-0.2, 0) is 0 Å². The molecule has 0 bridgehead atoms. The van der Waals surface area contributed by atoms with Crippen LogP contribution in [0.25, 0.3) is 0 Å². The Kier molecular flexibility index (Phi) is 5.60. The first-order chi connectivity index (χ1) is 11.9. The number of rotatable bonds is 3. The van der Waals surface area contributed by atoms with Crippen LogP contribution >= 0.6 is 0 Å². The van der Waals surface area contributed by atoms with Gasteiger partial charge in [0.2, 0.25) is 0 Å². The van der Waals surface area contributed by atoms with Crippen LogP contribution in [0.2, 0.25) is 0 Å². The largest absolute Gasteiger partial charge is 0.393 e. The van der Waals surface area contributed by atoms with Crippen molar-refractivity contribution in [3.63, 3.8) is 0 Å². The molecule has 2 nitrogen and oxygen atoms in total. The zero-order valence-corrected chi connectivity index (χ0v) is 16.3. The summed E-state index contributed by atoms with van der Waals surface area (Å²) in [6.07, 6.45) is 12.3. The molecule has 2 heteroatoms. The molecule has 0 aromatic carbocycles. The fourth-order valence-corrected chi connectivity index (χ4v) is 5.96. The average molecular weight is 345 g/mol. The van der Waals surface area contributed by atoms with Gasteiger partial charge in [0.1, 0.15) is 0 Å². The number of aliphatic hydroxyl groups excluding tert-OH is 2. The van der Waals surface area contributed by atoms with Crippen LogP contribution in [0.4, 0.5) is 0 Å². The maximum atomic E-state index is 10.0. The topological polar surface area (TPSA) is 40.5 Å². The summed E-state index contributed by atoms with van der Waals surface area (Å²) >= 11 is 0. The van der Waals surface area contributed by atoms with Gasteiger partial charge in [-0.1, -0.05) is 51.5 Å². The summed E-state index contributed by atoms with van der Waals surface area (Å²) in [5.41, 5.74) is 3.88. The van der Waals surface area contributed by atoms with E-state index in [1.165, 1.54) is 38.5 Å². The molecule has 2 N–H and O–H groups in total. The predicted molar refractivity (Wildman–Crippen MR) is 104 cm³/mol. The number of hydrogen-bond acceptors (Lipinski definition) is 2. The highest BCUT2D eigenvalue weighted by Crippen LogP contribution is 2.59. The molecule has 0 spiro atoms. The molecular weight excluding hydrogens is 308 g/mol. The van der Waals surface area contributed by atoms with Gasteiger partial charge in [-0.25, -0.2) is 0 Å². The van der Waals surface area contributed by atoms with Crippen molar-refractivity contribution < 1.29 is 10.2 Å². The summed E-state index contributed by atoms with van der Waals surface area (Å²) in [6.45, 7) is 11.3. The van der Waals surface area contributed by atoms with Gasteiger partial charge in [0.05, 0.1) is 12.2 Å². The van der Waals surface area contributed by atoms with Gasteiger partial charge < -0.3 is 10.2 Å². The molecule has 0 radical (unpaired) electrons. The van der Waals surface area contributed by atoms with Crippen LogP contribution < -0.4 is 0 Å². The quantitative estimate of drug-likeness (QED) is 0.741. The summed E-state index contributed by atoms with van der Waals surface area (Å²) in [7, 11) is 0. The maximum absolute atomic E-state index is 10.0. The molecule has 0 saturated heterocycles. The third-order valence-corrected chi connectivity index (χ3v) is 7.63. The fraction of sp³-hybridized carbons (Fsp3) is 0.739. The maximum Gasteiger partial charge on any atom is 0.0811 e. The summed E-state index contributed by atoms with van der Waals surface area (Å²) in [6, 6.07) is 0. The van der Waals surface area contributed by atoms with Crippen molar-refractivity contribution in [3.05, 3.63) is 35.5 Å². The van der Waals surface area contributed by atoms with Crippen LogP contribution in [-0.4, -0.2) is 22.4 Å². The summed E-state index contributed by atoms with van der Waals surface area (Å²) in [4.78, 5) is 0. The molecule has 3 saturated carbocycles. The molecule has 0 aromatic rings. The predicted octanol–water partition coefficient (Wildman–Crippen LogP) is 5.17. The minimum atomic E-state index is -0.591. The number of fused-ring (bicyclic) bond motifs is 1. The van der Waals surface area contributed by atoms with Crippen molar-refractivity contribution >= 4 is 0 Å². The first-order valence-corrected chi connectivity index (χ1v) is 10.3. The Labute approximate surface area is 153 Å². The minimum Gasteiger partial charge on any atom is -0.393 e. The molecule has 0 aliphatic heterocycles. The number of allylic oxidation sites excluding steroid dienone is 3. The third kappa shape index (κ3) is 3.53. The zero-order chi connectivity index (χ0) is 18.2. The highest BCUT2D eigenvalue weighted by molar-refractivity contribution is 5.38. The molecule has 6 atom stereocenters. The van der Waals surface area contributed by atoms with Gasteiger partial charge in [-0.05, 0) is 72.8 Å². The second-order valence-electron chi connectivity index (χ2n) is 9.05. The van der Waals surface area contributed by atoms with Gasteiger partial charge in [0.25, 0.3) is 0 Å². The van der Waals surface area contributed by atoms with Crippen LogP contribution in [0.3, 0.4) is 0 Å². The second-order valence-corrected chi connectivity index (χ2v) is 9.05. The van der Waals surface area contributed by atoms with Gasteiger partial charge in [0.15, 0.2) is 0 Å². The lowest BCUT2D eigenvalue weighted by Gasteiger charge is -2.44. The minimum absolute atomic E-state index is 0.421. The lowest BCUT2D eigenvalue weighted by atomic mass is 9.61. The van der Waals surface area contributed by atoms with Crippen LogP contribution in [0.1, 0.15) is 72.1 Å². The third-order valence-electron chi connectivity index (χ3n) is 7.63. The lowest BCUT2D eigenvalue weighted by Crippen LogP contribution is -2.35. The second kappa shape index (κ2) is 7.40. The van der Waals surface area contributed by atoms with E-state index in [1.54, 1.807) is 5.57 Å². The Balaban J connectivity index is 1.82. The zero-order valence-electron chi connectivity index (χ0n) is 16.3. The van der Waals surface area contributed by atoms with E-state index in [2.05, 4.69) is 39.5 Å². The molecule has 3 rings (SSSR count). The van der Waals surface area contributed by atoms with Crippen molar-refractivity contribution in [2.24, 2.45) is 23.2 Å². The van der Waals surface area contributed by atoms with Crippen molar-refractivity contribution in [1.82, 2.24) is 0 Å². The molecule has 0 amide bonds. The van der Waals surface area contributed by atoms with E-state index < -0.39 is 12.2 Å². The molecule has 3 fully saturated rings. The van der Waals surface area contributed by atoms with Crippen molar-refractivity contribution in [2.45, 2.75) is 84.3 Å². The Hall–Kier alpha value is -0.860. The summed E-state index contributed by atoms with van der Waals surface area (Å²) < 4.78 is 0. The Bertz CT molecular complexity index is 573. The number of hydrogen-bond donors (Lipinski definition) is 2. The smallest absolute Gasteiger partial charge is 0.0811 e. The number of aliphatic hydroxyl groups is 2. The van der Waals surface area contributed by atoms with E-state index in [-0.39, 0.29) is 0 Å². The average Bonchev–Trinajstić information content (AvgIpc) is 2.93. The van der Waals surface area contributed by atoms with E-state index in [1.807, 2.05) is 0 Å². The Morgan fingerprint density at radius 1 is 1.28 bits per heavy atom. The van der Waals surface area contributed by atoms with Crippen LogP contribution in [0.5, 0.6) is 0 Å². The highest BCUT2D eigenvalue weighted by atomic mass is 16.3. The molecular formula is C23H36O2. The first-order valence-electron chi connectivity index (χ1n) is 10.3. The molecule has 3 aliphatic carbocycles. The SMILES string of the molecule is C=C1/C(=C\C=C2/CCC[C@]3(C)[C@@H]([C@H](C)CC)CC[C@@H]23)C[C@@H](O)C[C@@H]1O. The van der Waals surface area contributed by atoms with Gasteiger partial charge >= 0.3 is 0 Å². The molecule has 0 unspecified atom stereocenters. The van der Waals surface area contributed by atoms with Crippen LogP contribution in [0.15, 0.2) is 35.5 Å². The first kappa shape index (κ1) is 18.9. The van der Waals surface area contributed by atoms with Gasteiger partial charge in [-0.2, -0.15) is 0 Å². The van der Waals surface area contributed by atoms with Crippen LogP contribution in [0, 0.1) is 23.2 Å². The van der Waals surface area contributed by atoms with Crippen molar-refractivity contribution in [3.8, 4) is 0 Å². The van der Waals surface area contributed by atoms with Gasteiger partial charge in [-0.3, -0.25) is 0 Å². The standard InChI is InChI=1S/C23H36O2/c1-5-15(2)20-10-11-21-17(7-6-12-23(20,21)4)8-9-18-13-19(24)14-22(25)16(18)3/h8-9,15,19-22,24-25H,3,5-7,10-14H2,1-2,4H3/b17-8+,18-9-/t15-,19-,20-,21+,22+,23-/m1/s1. The molecule has 25 heavy (non-hydrogen) atoms. The van der Waals surface area contributed by atoms with Gasteiger partial charge in [-0.15, -0.1) is 0 Å².